The molecule has 0 fully saturated rings. The largest absolute Gasteiger partial charge is 0.478 e. The molecule has 2 bridgehead atoms. The lowest BCUT2D eigenvalue weighted by Gasteiger charge is -2.15. The van der Waals surface area contributed by atoms with Crippen molar-refractivity contribution in [1.29, 1.82) is 0 Å². The topological polar surface area (TPSA) is 97.0 Å². The van der Waals surface area contributed by atoms with Gasteiger partial charge in [-0.15, -0.1) is 0 Å². The third-order valence-electron chi connectivity index (χ3n) is 3.78. The Kier molecular flexibility index (Phi) is 2.68. The first-order chi connectivity index (χ1) is 11.0. The number of aliphatic carboxylic acids is 2. The molecule has 6 heteroatoms. The van der Waals surface area contributed by atoms with Crippen LogP contribution >= 0.6 is 0 Å². The average Bonchev–Trinajstić information content (AvgIpc) is 2.84. The van der Waals surface area contributed by atoms with Gasteiger partial charge in [0.2, 0.25) is 5.76 Å². The number of furan rings is 1. The van der Waals surface area contributed by atoms with E-state index in [0.717, 1.165) is 17.4 Å². The fourth-order valence-corrected chi connectivity index (χ4v) is 2.84. The molecule has 3 aromatic rings. The third-order valence-corrected chi connectivity index (χ3v) is 3.78. The van der Waals surface area contributed by atoms with Gasteiger partial charge in [-0.25, -0.2) is 9.59 Å². The first-order valence-electron chi connectivity index (χ1n) is 6.86. The van der Waals surface area contributed by atoms with Gasteiger partial charge in [0.25, 0.3) is 0 Å². The Bertz CT molecular complexity index is 1020. The quantitative estimate of drug-likeness (QED) is 0.444. The summed E-state index contributed by atoms with van der Waals surface area (Å²) < 4.78 is 11.1. The number of hydrogen-bond donors (Lipinski definition) is 2. The monoisotopic (exact) mass is 310 g/mol. The summed E-state index contributed by atoms with van der Waals surface area (Å²) in [5.74, 6) is -3.24. The second kappa shape index (κ2) is 4.61. The van der Waals surface area contributed by atoms with Crippen LogP contribution in [0.2, 0.25) is 0 Å². The van der Waals surface area contributed by atoms with Gasteiger partial charge >= 0.3 is 11.9 Å². The minimum atomic E-state index is -1.45. The molecule has 0 unspecified atom stereocenters. The Hall–Kier alpha value is -3.28. The van der Waals surface area contributed by atoms with Crippen LogP contribution in [0.4, 0.5) is 0 Å². The highest BCUT2D eigenvalue weighted by molar-refractivity contribution is 6.11. The molecule has 114 valence electrons. The molecule has 1 aromatic heterocycles. The highest BCUT2D eigenvalue weighted by atomic mass is 16.5. The molecule has 5 rings (SSSR count). The molecule has 0 spiro atoms. The molecule has 2 aliphatic rings. The number of benzene rings is 2. The molecular weight excluding hydrogens is 300 g/mol. The van der Waals surface area contributed by atoms with Gasteiger partial charge in [-0.3, -0.25) is 0 Å². The number of ether oxygens (including phenoxy) is 1. The SMILES string of the molecule is O=C(O)/C=C(\Oc1cccc2oc3cc4cc(c3c12)C4)C(=O)O. The van der Waals surface area contributed by atoms with Gasteiger partial charge in [-0.05, 0) is 35.7 Å². The van der Waals surface area contributed by atoms with Gasteiger partial charge in [0.1, 0.15) is 16.9 Å². The second-order valence-corrected chi connectivity index (χ2v) is 5.29. The molecule has 2 N–H and O–H groups in total. The number of fused-ring (bicyclic) bond motifs is 1. The lowest BCUT2D eigenvalue weighted by molar-refractivity contribution is -0.137. The number of hydrogen-bond acceptors (Lipinski definition) is 4. The minimum absolute atomic E-state index is 0.257. The van der Waals surface area contributed by atoms with Crippen molar-refractivity contribution in [2.75, 3.05) is 0 Å². The van der Waals surface area contributed by atoms with Gasteiger partial charge in [0.05, 0.1) is 11.5 Å². The van der Waals surface area contributed by atoms with Crippen LogP contribution in [0.3, 0.4) is 0 Å². The van der Waals surface area contributed by atoms with E-state index in [9.17, 15) is 9.59 Å². The Morgan fingerprint density at radius 1 is 1.13 bits per heavy atom. The van der Waals surface area contributed by atoms with Crippen LogP contribution in [0.5, 0.6) is 5.75 Å². The lowest BCUT2D eigenvalue weighted by atomic mass is 9.88. The van der Waals surface area contributed by atoms with Crippen LogP contribution in [0.25, 0.3) is 21.9 Å². The molecule has 23 heavy (non-hydrogen) atoms. The van der Waals surface area contributed by atoms with Crippen LogP contribution < -0.4 is 4.74 Å². The molecule has 0 aliphatic heterocycles. The number of carboxylic acids is 2. The van der Waals surface area contributed by atoms with Gasteiger partial charge < -0.3 is 19.4 Å². The van der Waals surface area contributed by atoms with Crippen LogP contribution in [0.15, 0.2) is 46.6 Å². The molecule has 0 amide bonds. The number of carbonyl (C=O) groups is 2. The van der Waals surface area contributed by atoms with Crippen molar-refractivity contribution in [2.45, 2.75) is 6.42 Å². The Balaban J connectivity index is 1.92. The summed E-state index contributed by atoms with van der Waals surface area (Å²) in [5.41, 5.74) is 3.57. The maximum Gasteiger partial charge on any atom is 0.372 e. The smallest absolute Gasteiger partial charge is 0.372 e. The van der Waals surface area contributed by atoms with Crippen molar-refractivity contribution in [1.82, 2.24) is 0 Å². The summed E-state index contributed by atoms with van der Waals surface area (Å²) >= 11 is 0. The van der Waals surface area contributed by atoms with Crippen molar-refractivity contribution in [3.05, 3.63) is 53.3 Å². The molecule has 6 nitrogen and oxygen atoms in total. The predicted octanol–water partition coefficient (Wildman–Crippen LogP) is 2.92. The van der Waals surface area contributed by atoms with Gasteiger partial charge in [0.15, 0.2) is 0 Å². The summed E-state index contributed by atoms with van der Waals surface area (Å²) in [6, 6.07) is 9.00. The highest BCUT2D eigenvalue weighted by Crippen LogP contribution is 2.42. The van der Waals surface area contributed by atoms with E-state index in [1.165, 1.54) is 5.56 Å². The van der Waals surface area contributed by atoms with Crippen molar-refractivity contribution in [3.8, 4) is 5.75 Å². The van der Waals surface area contributed by atoms with Gasteiger partial charge in [-0.2, -0.15) is 0 Å². The van der Waals surface area contributed by atoms with E-state index in [1.807, 2.05) is 12.1 Å². The Morgan fingerprint density at radius 3 is 2.61 bits per heavy atom. The van der Waals surface area contributed by atoms with Crippen molar-refractivity contribution < 1.29 is 29.0 Å². The fourth-order valence-electron chi connectivity index (χ4n) is 2.84. The van der Waals surface area contributed by atoms with E-state index >= 15 is 0 Å². The van der Waals surface area contributed by atoms with E-state index in [1.54, 1.807) is 18.2 Å². The zero-order valence-corrected chi connectivity index (χ0v) is 11.7. The third kappa shape index (κ3) is 2.03. The van der Waals surface area contributed by atoms with Crippen molar-refractivity contribution >= 4 is 33.9 Å². The molecule has 1 heterocycles. The van der Waals surface area contributed by atoms with Crippen LogP contribution in [0.1, 0.15) is 11.1 Å². The first-order valence-corrected chi connectivity index (χ1v) is 6.86. The van der Waals surface area contributed by atoms with Crippen molar-refractivity contribution in [2.24, 2.45) is 0 Å². The van der Waals surface area contributed by atoms with Crippen LogP contribution in [-0.4, -0.2) is 22.2 Å². The summed E-state index contributed by atoms with van der Waals surface area (Å²) in [4.78, 5) is 21.9. The van der Waals surface area contributed by atoms with Crippen molar-refractivity contribution in [3.63, 3.8) is 0 Å². The molecular formula is C17H10O6. The van der Waals surface area contributed by atoms with E-state index in [-0.39, 0.29) is 5.75 Å². The zero-order valence-electron chi connectivity index (χ0n) is 11.7. The van der Waals surface area contributed by atoms with E-state index in [4.69, 9.17) is 19.4 Å². The number of rotatable bonds is 4. The Morgan fingerprint density at radius 2 is 1.91 bits per heavy atom. The molecule has 0 saturated carbocycles. The first kappa shape index (κ1) is 13.4. The van der Waals surface area contributed by atoms with Gasteiger partial charge in [-0.1, -0.05) is 12.1 Å². The maximum absolute atomic E-state index is 11.2. The van der Waals surface area contributed by atoms with Gasteiger partial charge in [0, 0.05) is 5.39 Å². The summed E-state index contributed by atoms with van der Waals surface area (Å²) in [6.07, 6.45) is 1.36. The lowest BCUT2D eigenvalue weighted by Crippen LogP contribution is -2.10. The highest BCUT2D eigenvalue weighted by Gasteiger charge is 2.23. The van der Waals surface area contributed by atoms with E-state index in [2.05, 4.69) is 0 Å². The molecule has 2 aliphatic carbocycles. The molecule has 0 radical (unpaired) electrons. The zero-order chi connectivity index (χ0) is 16.1. The van der Waals surface area contributed by atoms with Crippen LogP contribution in [0, 0.1) is 0 Å². The minimum Gasteiger partial charge on any atom is -0.478 e. The molecule has 0 atom stereocenters. The standard InChI is InChI=1S/C17H10O6/c18-14(19)7-13(17(20)21)23-11-3-1-2-10-16(11)15-9-4-8(5-9)6-12(15)22-10/h1-4,6-7H,5H2,(H,18,19)(H,20,21)/b13-7-. The summed E-state index contributed by atoms with van der Waals surface area (Å²) in [5, 5.41) is 19.4. The summed E-state index contributed by atoms with van der Waals surface area (Å²) in [6.45, 7) is 0. The molecule has 2 aromatic carbocycles. The normalized spacial score (nSPS) is 13.1. The van der Waals surface area contributed by atoms with E-state index < -0.39 is 17.7 Å². The Labute approximate surface area is 129 Å². The summed E-state index contributed by atoms with van der Waals surface area (Å²) in [7, 11) is 0. The van der Waals surface area contributed by atoms with Crippen LogP contribution in [-0.2, 0) is 16.0 Å². The maximum atomic E-state index is 11.2. The number of carboxylic acid groups (broad SMARTS) is 2. The van der Waals surface area contributed by atoms with E-state index in [0.29, 0.717) is 22.6 Å². The predicted molar refractivity (Wildman–Crippen MR) is 80.5 cm³/mol. The second-order valence-electron chi connectivity index (χ2n) is 5.29. The average molecular weight is 310 g/mol. The fraction of sp³-hybridized carbons (Fsp3) is 0.0588. The molecule has 0 saturated heterocycles.